The summed E-state index contributed by atoms with van der Waals surface area (Å²) in [6, 6.07) is 16.7. The first-order valence-electron chi connectivity index (χ1n) is 7.19. The fourth-order valence-electron chi connectivity index (χ4n) is 2.44. The molecule has 0 fully saturated rings. The summed E-state index contributed by atoms with van der Waals surface area (Å²) < 4.78 is 5.15. The van der Waals surface area contributed by atoms with E-state index in [-0.39, 0.29) is 6.61 Å². The highest BCUT2D eigenvalue weighted by atomic mass is 16.5. The van der Waals surface area contributed by atoms with Gasteiger partial charge in [-0.15, -0.1) is 0 Å². The summed E-state index contributed by atoms with van der Waals surface area (Å²) in [4.78, 5) is 15.0. The third-order valence-electron chi connectivity index (χ3n) is 3.55. The zero-order valence-corrected chi connectivity index (χ0v) is 12.0. The van der Waals surface area contributed by atoms with E-state index < -0.39 is 12.1 Å². The largest absolute Gasteiger partial charge is 0.459 e. The summed E-state index contributed by atoms with van der Waals surface area (Å²) in [7, 11) is 0. The van der Waals surface area contributed by atoms with Gasteiger partial charge in [-0.2, -0.15) is 0 Å². The van der Waals surface area contributed by atoms with E-state index in [1.165, 1.54) is 0 Å². The van der Waals surface area contributed by atoms with Crippen LogP contribution in [0.5, 0.6) is 0 Å². The van der Waals surface area contributed by atoms with Crippen LogP contribution < -0.4 is 0 Å². The lowest BCUT2D eigenvalue weighted by Gasteiger charge is -2.11. The number of hydrogen-bond donors (Lipinski definition) is 2. The number of carbonyl (C=O) groups is 1. The molecule has 4 nitrogen and oxygen atoms in total. The number of benzene rings is 2. The van der Waals surface area contributed by atoms with Gasteiger partial charge in [-0.1, -0.05) is 36.4 Å². The van der Waals surface area contributed by atoms with Gasteiger partial charge in [0.2, 0.25) is 0 Å². The minimum atomic E-state index is -0.730. The minimum Gasteiger partial charge on any atom is -0.459 e. The van der Waals surface area contributed by atoms with Gasteiger partial charge in [-0.25, -0.2) is 4.79 Å². The first-order valence-corrected chi connectivity index (χ1v) is 7.19. The molecule has 0 amide bonds. The zero-order valence-electron chi connectivity index (χ0n) is 12.0. The van der Waals surface area contributed by atoms with Gasteiger partial charge in [0.1, 0.15) is 6.61 Å². The number of ether oxygens (including phenoxy) is 1. The van der Waals surface area contributed by atoms with Crippen molar-refractivity contribution < 1.29 is 14.6 Å². The molecular formula is C18H17NO3. The van der Waals surface area contributed by atoms with Crippen molar-refractivity contribution in [3.05, 3.63) is 71.9 Å². The highest BCUT2D eigenvalue weighted by molar-refractivity contribution is 5.89. The molecule has 1 heterocycles. The van der Waals surface area contributed by atoms with E-state index in [1.54, 1.807) is 24.3 Å². The SMILES string of the molecule is O=C(OCC(O)Cc1c[nH]c2ccccc12)c1ccccc1. The van der Waals surface area contributed by atoms with Crippen molar-refractivity contribution >= 4 is 16.9 Å². The molecule has 2 aromatic carbocycles. The molecule has 1 aromatic heterocycles. The number of fused-ring (bicyclic) bond motifs is 1. The number of esters is 1. The molecule has 0 spiro atoms. The molecule has 112 valence electrons. The smallest absolute Gasteiger partial charge is 0.338 e. The van der Waals surface area contributed by atoms with E-state index in [2.05, 4.69) is 4.98 Å². The lowest BCUT2D eigenvalue weighted by molar-refractivity contribution is 0.0259. The maximum atomic E-state index is 11.8. The Hall–Kier alpha value is -2.59. The Morgan fingerprint density at radius 1 is 1.09 bits per heavy atom. The van der Waals surface area contributed by atoms with Crippen molar-refractivity contribution in [3.63, 3.8) is 0 Å². The molecule has 0 aliphatic carbocycles. The molecule has 1 unspecified atom stereocenters. The normalized spacial score (nSPS) is 12.2. The predicted octanol–water partition coefficient (Wildman–Crippen LogP) is 2.93. The van der Waals surface area contributed by atoms with Gasteiger partial charge in [0.05, 0.1) is 11.7 Å². The highest BCUT2D eigenvalue weighted by Crippen LogP contribution is 2.19. The van der Waals surface area contributed by atoms with E-state index >= 15 is 0 Å². The number of aliphatic hydroxyl groups excluding tert-OH is 1. The predicted molar refractivity (Wildman–Crippen MR) is 84.7 cm³/mol. The minimum absolute atomic E-state index is 0.0206. The molecular weight excluding hydrogens is 278 g/mol. The first-order chi connectivity index (χ1) is 10.7. The Morgan fingerprint density at radius 3 is 2.64 bits per heavy atom. The summed E-state index contributed by atoms with van der Waals surface area (Å²) in [5.74, 6) is -0.418. The third kappa shape index (κ3) is 3.18. The lowest BCUT2D eigenvalue weighted by Crippen LogP contribution is -2.20. The number of H-pyrrole nitrogens is 1. The molecule has 0 saturated carbocycles. The van der Waals surface area contributed by atoms with Crippen molar-refractivity contribution in [2.75, 3.05) is 6.61 Å². The van der Waals surface area contributed by atoms with Gasteiger partial charge in [0.15, 0.2) is 0 Å². The molecule has 0 aliphatic heterocycles. The standard InChI is InChI=1S/C18H17NO3/c20-15(12-22-18(21)13-6-2-1-3-7-13)10-14-11-19-17-9-5-4-8-16(14)17/h1-9,11,15,19-20H,10,12H2. The van der Waals surface area contributed by atoms with Crippen LogP contribution in [0.1, 0.15) is 15.9 Å². The Labute approximate surface area is 128 Å². The number of aromatic nitrogens is 1. The second-order valence-corrected chi connectivity index (χ2v) is 5.18. The Kier molecular flexibility index (Phi) is 4.21. The quantitative estimate of drug-likeness (QED) is 0.711. The average molecular weight is 295 g/mol. The van der Waals surface area contributed by atoms with E-state index in [9.17, 15) is 9.90 Å². The number of hydrogen-bond acceptors (Lipinski definition) is 3. The fraction of sp³-hybridized carbons (Fsp3) is 0.167. The number of nitrogens with one attached hydrogen (secondary N) is 1. The fourth-order valence-corrected chi connectivity index (χ4v) is 2.44. The van der Waals surface area contributed by atoms with Crippen LogP contribution in [0.4, 0.5) is 0 Å². The molecule has 3 aromatic rings. The van der Waals surface area contributed by atoms with Crippen LogP contribution in [-0.2, 0) is 11.2 Å². The van der Waals surface area contributed by atoms with Crippen LogP contribution in [0, 0.1) is 0 Å². The number of aliphatic hydroxyl groups is 1. The maximum Gasteiger partial charge on any atom is 0.338 e. The topological polar surface area (TPSA) is 62.3 Å². The maximum absolute atomic E-state index is 11.8. The van der Waals surface area contributed by atoms with Gasteiger partial charge in [-0.3, -0.25) is 0 Å². The summed E-state index contributed by atoms with van der Waals surface area (Å²) >= 11 is 0. The van der Waals surface area contributed by atoms with Gasteiger partial charge in [-0.05, 0) is 23.8 Å². The number of para-hydroxylation sites is 1. The van der Waals surface area contributed by atoms with Crippen molar-refractivity contribution in [2.45, 2.75) is 12.5 Å². The lowest BCUT2D eigenvalue weighted by atomic mass is 10.1. The summed E-state index contributed by atoms with van der Waals surface area (Å²) in [6.45, 7) is -0.0206. The molecule has 4 heteroatoms. The second kappa shape index (κ2) is 6.45. The molecule has 1 atom stereocenters. The van der Waals surface area contributed by atoms with E-state index in [0.717, 1.165) is 16.5 Å². The van der Waals surface area contributed by atoms with Gasteiger partial charge < -0.3 is 14.8 Å². The Balaban J connectivity index is 1.59. The van der Waals surface area contributed by atoms with Crippen LogP contribution in [0.15, 0.2) is 60.8 Å². The van der Waals surface area contributed by atoms with E-state index in [0.29, 0.717) is 12.0 Å². The van der Waals surface area contributed by atoms with Gasteiger partial charge >= 0.3 is 5.97 Å². The van der Waals surface area contributed by atoms with Crippen LogP contribution in [-0.4, -0.2) is 28.8 Å². The Bertz CT molecular complexity index is 764. The molecule has 0 aliphatic rings. The zero-order chi connectivity index (χ0) is 15.4. The third-order valence-corrected chi connectivity index (χ3v) is 3.55. The molecule has 3 rings (SSSR count). The molecule has 0 radical (unpaired) electrons. The van der Waals surface area contributed by atoms with Crippen molar-refractivity contribution in [1.29, 1.82) is 0 Å². The van der Waals surface area contributed by atoms with Crippen LogP contribution in [0.3, 0.4) is 0 Å². The molecule has 2 N–H and O–H groups in total. The van der Waals surface area contributed by atoms with Crippen LogP contribution in [0.2, 0.25) is 0 Å². The van der Waals surface area contributed by atoms with Crippen molar-refractivity contribution in [2.24, 2.45) is 0 Å². The number of aromatic amines is 1. The summed E-state index contributed by atoms with van der Waals surface area (Å²) in [6.07, 6.45) is 1.59. The van der Waals surface area contributed by atoms with Crippen molar-refractivity contribution in [3.8, 4) is 0 Å². The summed E-state index contributed by atoms with van der Waals surface area (Å²) in [5, 5.41) is 11.2. The molecule has 22 heavy (non-hydrogen) atoms. The first kappa shape index (κ1) is 14.4. The van der Waals surface area contributed by atoms with Crippen LogP contribution in [0.25, 0.3) is 10.9 Å². The summed E-state index contributed by atoms with van der Waals surface area (Å²) in [5.41, 5.74) is 2.53. The van der Waals surface area contributed by atoms with E-state index in [1.807, 2.05) is 36.5 Å². The van der Waals surface area contributed by atoms with Gasteiger partial charge in [0.25, 0.3) is 0 Å². The van der Waals surface area contributed by atoms with E-state index in [4.69, 9.17) is 4.74 Å². The van der Waals surface area contributed by atoms with Crippen LogP contribution >= 0.6 is 0 Å². The Morgan fingerprint density at radius 2 is 1.82 bits per heavy atom. The monoisotopic (exact) mass is 295 g/mol. The molecule has 0 bridgehead atoms. The number of carbonyl (C=O) groups excluding carboxylic acids is 1. The number of rotatable bonds is 5. The van der Waals surface area contributed by atoms with Crippen molar-refractivity contribution in [1.82, 2.24) is 4.98 Å². The highest BCUT2D eigenvalue weighted by Gasteiger charge is 2.13. The molecule has 0 saturated heterocycles. The van der Waals surface area contributed by atoms with Gasteiger partial charge in [0, 0.05) is 23.5 Å². The second-order valence-electron chi connectivity index (χ2n) is 5.18. The average Bonchev–Trinajstić information content (AvgIpc) is 2.97.